The molecule has 0 amide bonds. The Labute approximate surface area is 81.0 Å². The maximum absolute atomic E-state index is 3.89. The summed E-state index contributed by atoms with van der Waals surface area (Å²) in [5.41, 5.74) is 1.42. The molecule has 0 spiro atoms. The maximum atomic E-state index is 3.89. The first kappa shape index (κ1) is 8.80. The van der Waals surface area contributed by atoms with Crippen LogP contribution in [-0.4, -0.2) is 0 Å². The predicted octanol–water partition coefficient (Wildman–Crippen LogP) is 3.72. The highest BCUT2D eigenvalue weighted by molar-refractivity contribution is 5.26. The molecule has 3 unspecified atom stereocenters. The predicted molar refractivity (Wildman–Crippen MR) is 57.4 cm³/mol. The van der Waals surface area contributed by atoms with Crippen LogP contribution in [0.1, 0.15) is 25.7 Å². The molecule has 0 radical (unpaired) electrons. The minimum Gasteiger partial charge on any atom is -0.0991 e. The fourth-order valence-corrected chi connectivity index (χ4v) is 3.13. The van der Waals surface area contributed by atoms with Gasteiger partial charge in [0.15, 0.2) is 0 Å². The monoisotopic (exact) mass is 174 g/mol. The minimum absolute atomic E-state index is 0.800. The molecular formula is C13H18. The number of rotatable bonds is 3. The van der Waals surface area contributed by atoms with Gasteiger partial charge >= 0.3 is 0 Å². The normalized spacial score (nSPS) is 37.8. The Bertz CT molecular complexity index is 247. The van der Waals surface area contributed by atoms with Crippen LogP contribution in [0.2, 0.25) is 0 Å². The van der Waals surface area contributed by atoms with Crippen molar-refractivity contribution in [2.24, 2.45) is 17.8 Å². The third-order valence-electron chi connectivity index (χ3n) is 3.71. The van der Waals surface area contributed by atoms with Crippen molar-refractivity contribution in [3.8, 4) is 0 Å². The van der Waals surface area contributed by atoms with Crippen LogP contribution in [0, 0.1) is 17.8 Å². The molecule has 0 saturated heterocycles. The first-order valence-corrected chi connectivity index (χ1v) is 5.30. The van der Waals surface area contributed by atoms with Gasteiger partial charge < -0.3 is 0 Å². The quantitative estimate of drug-likeness (QED) is 0.572. The summed E-state index contributed by atoms with van der Waals surface area (Å²) in [4.78, 5) is 0. The molecular weight excluding hydrogens is 156 g/mol. The zero-order chi connectivity index (χ0) is 9.26. The highest BCUT2D eigenvalue weighted by atomic mass is 14.4. The molecule has 13 heavy (non-hydrogen) atoms. The molecule has 0 aromatic rings. The van der Waals surface area contributed by atoms with Crippen molar-refractivity contribution in [2.45, 2.75) is 25.7 Å². The average Bonchev–Trinajstić information content (AvgIpc) is 2.74. The molecule has 0 N–H and O–H groups in total. The Balaban J connectivity index is 2.12. The fourth-order valence-electron chi connectivity index (χ4n) is 3.13. The molecule has 2 saturated carbocycles. The molecule has 2 aliphatic carbocycles. The third-order valence-corrected chi connectivity index (χ3v) is 3.71. The van der Waals surface area contributed by atoms with Crippen molar-refractivity contribution in [2.75, 3.05) is 0 Å². The topological polar surface area (TPSA) is 0 Å². The summed E-state index contributed by atoms with van der Waals surface area (Å²) in [6.45, 7) is 7.65. The molecule has 0 aromatic heterocycles. The van der Waals surface area contributed by atoms with E-state index in [9.17, 15) is 0 Å². The van der Waals surface area contributed by atoms with Crippen LogP contribution in [0.15, 0.2) is 37.0 Å². The van der Waals surface area contributed by atoms with Crippen LogP contribution < -0.4 is 0 Å². The van der Waals surface area contributed by atoms with E-state index in [1.807, 2.05) is 12.2 Å². The van der Waals surface area contributed by atoms with Gasteiger partial charge in [0.1, 0.15) is 0 Å². The van der Waals surface area contributed by atoms with Gasteiger partial charge in [-0.05, 0) is 42.6 Å². The largest absolute Gasteiger partial charge is 0.0991 e. The Hall–Kier alpha value is -0.780. The Morgan fingerprint density at radius 1 is 1.15 bits per heavy atom. The van der Waals surface area contributed by atoms with Crippen molar-refractivity contribution < 1.29 is 0 Å². The summed E-state index contributed by atoms with van der Waals surface area (Å²) >= 11 is 0. The second kappa shape index (κ2) is 3.53. The second-order valence-corrected chi connectivity index (χ2v) is 4.39. The van der Waals surface area contributed by atoms with E-state index in [-0.39, 0.29) is 0 Å². The highest BCUT2D eigenvalue weighted by Crippen LogP contribution is 2.51. The molecule has 3 atom stereocenters. The third kappa shape index (κ3) is 1.50. The summed E-state index contributed by atoms with van der Waals surface area (Å²) in [5, 5.41) is 0. The van der Waals surface area contributed by atoms with Crippen LogP contribution in [-0.2, 0) is 0 Å². The van der Waals surface area contributed by atoms with Gasteiger partial charge in [-0.1, -0.05) is 37.8 Å². The molecule has 2 bridgehead atoms. The van der Waals surface area contributed by atoms with E-state index in [2.05, 4.69) is 19.2 Å². The van der Waals surface area contributed by atoms with Crippen molar-refractivity contribution >= 4 is 0 Å². The van der Waals surface area contributed by atoms with Gasteiger partial charge in [0, 0.05) is 0 Å². The first-order chi connectivity index (χ1) is 6.35. The van der Waals surface area contributed by atoms with Crippen molar-refractivity contribution in [1.29, 1.82) is 0 Å². The molecule has 0 aromatic carbocycles. The molecule has 0 heteroatoms. The van der Waals surface area contributed by atoms with Gasteiger partial charge in [-0.2, -0.15) is 0 Å². The summed E-state index contributed by atoms with van der Waals surface area (Å²) in [6, 6.07) is 0. The SMILES string of the molecule is C=CC=C(C=C)C1CC2CCC1C2. The molecule has 2 fully saturated rings. The van der Waals surface area contributed by atoms with Crippen LogP contribution in [0.4, 0.5) is 0 Å². The van der Waals surface area contributed by atoms with E-state index in [4.69, 9.17) is 0 Å². The summed E-state index contributed by atoms with van der Waals surface area (Å²) < 4.78 is 0. The fraction of sp³-hybridized carbons (Fsp3) is 0.538. The maximum Gasteiger partial charge on any atom is -0.0131 e. The number of fused-ring (bicyclic) bond motifs is 2. The van der Waals surface area contributed by atoms with Crippen molar-refractivity contribution in [3.63, 3.8) is 0 Å². The van der Waals surface area contributed by atoms with Gasteiger partial charge in [0.2, 0.25) is 0 Å². The summed E-state index contributed by atoms with van der Waals surface area (Å²) in [7, 11) is 0. The number of hydrogen-bond donors (Lipinski definition) is 0. The Kier molecular flexibility index (Phi) is 2.39. The smallest absolute Gasteiger partial charge is 0.0131 e. The highest BCUT2D eigenvalue weighted by Gasteiger charge is 2.40. The number of allylic oxidation sites excluding steroid dienone is 4. The lowest BCUT2D eigenvalue weighted by Crippen LogP contribution is -2.11. The molecule has 70 valence electrons. The Morgan fingerprint density at radius 3 is 2.46 bits per heavy atom. The molecule has 0 aliphatic heterocycles. The van der Waals surface area contributed by atoms with E-state index in [0.717, 1.165) is 17.8 Å². The second-order valence-electron chi connectivity index (χ2n) is 4.39. The van der Waals surface area contributed by atoms with Gasteiger partial charge in [-0.3, -0.25) is 0 Å². The summed E-state index contributed by atoms with van der Waals surface area (Å²) in [6.07, 6.45) is 11.8. The van der Waals surface area contributed by atoms with E-state index in [1.165, 1.54) is 31.3 Å². The van der Waals surface area contributed by atoms with Gasteiger partial charge in [-0.15, -0.1) is 0 Å². The zero-order valence-corrected chi connectivity index (χ0v) is 8.21. The van der Waals surface area contributed by atoms with E-state index in [0.29, 0.717) is 0 Å². The standard InChI is InChI=1S/C13H18/c1-3-5-11(4-2)13-9-10-6-7-12(13)8-10/h3-5,10,12-13H,1-2,6-9H2. The van der Waals surface area contributed by atoms with E-state index < -0.39 is 0 Å². The van der Waals surface area contributed by atoms with Gasteiger partial charge in [0.25, 0.3) is 0 Å². The molecule has 0 nitrogen and oxygen atoms in total. The zero-order valence-electron chi connectivity index (χ0n) is 8.21. The van der Waals surface area contributed by atoms with Crippen LogP contribution in [0.5, 0.6) is 0 Å². The van der Waals surface area contributed by atoms with Crippen molar-refractivity contribution in [1.82, 2.24) is 0 Å². The minimum atomic E-state index is 0.800. The van der Waals surface area contributed by atoms with Crippen LogP contribution in [0.3, 0.4) is 0 Å². The van der Waals surface area contributed by atoms with E-state index >= 15 is 0 Å². The molecule has 2 aliphatic rings. The first-order valence-electron chi connectivity index (χ1n) is 5.30. The van der Waals surface area contributed by atoms with E-state index in [1.54, 1.807) is 0 Å². The van der Waals surface area contributed by atoms with Gasteiger partial charge in [-0.25, -0.2) is 0 Å². The lowest BCUT2D eigenvalue weighted by molar-refractivity contribution is 0.383. The number of hydrogen-bond acceptors (Lipinski definition) is 0. The lowest BCUT2D eigenvalue weighted by atomic mass is 9.83. The molecule has 0 heterocycles. The molecule has 2 rings (SSSR count). The summed E-state index contributed by atoms with van der Waals surface area (Å²) in [5.74, 6) is 2.77. The lowest BCUT2D eigenvalue weighted by Gasteiger charge is -2.22. The van der Waals surface area contributed by atoms with Crippen LogP contribution in [0.25, 0.3) is 0 Å². The van der Waals surface area contributed by atoms with Crippen molar-refractivity contribution in [3.05, 3.63) is 37.0 Å². The Morgan fingerprint density at radius 2 is 2.00 bits per heavy atom. The average molecular weight is 174 g/mol. The van der Waals surface area contributed by atoms with Gasteiger partial charge in [0.05, 0.1) is 0 Å². The van der Waals surface area contributed by atoms with Crippen LogP contribution >= 0.6 is 0 Å².